The number of hydrogen-bond donors (Lipinski definition) is 1. The SMILES string of the molecule is Cc1ccc(S(=O)(=O)N2CCCCC2)cc1NC(=O)CN1CCC[C@H]1c1cccs1. The Bertz CT molecular complexity index is 983. The van der Waals surface area contributed by atoms with Gasteiger partial charge in [0.25, 0.3) is 0 Å². The molecule has 162 valence electrons. The Labute approximate surface area is 182 Å². The third kappa shape index (κ3) is 4.61. The number of nitrogens with one attached hydrogen (secondary N) is 1. The molecular formula is C22H29N3O3S2. The normalized spacial score (nSPS) is 21.0. The Morgan fingerprint density at radius 3 is 2.67 bits per heavy atom. The standard InChI is InChI=1S/C22H29N3O3S2/c1-17-9-10-18(30(27,28)25-12-3-2-4-13-25)15-19(17)23-22(26)16-24-11-5-7-20(24)21-8-6-14-29-21/h6,8-10,14-15,20H,2-5,7,11-13,16H2,1H3,(H,23,26)/t20-/m0/s1. The number of sulfonamides is 1. The van der Waals surface area contributed by atoms with Crippen molar-refractivity contribution in [1.29, 1.82) is 0 Å². The van der Waals surface area contributed by atoms with Gasteiger partial charge < -0.3 is 5.32 Å². The summed E-state index contributed by atoms with van der Waals surface area (Å²) in [7, 11) is -3.52. The van der Waals surface area contributed by atoms with E-state index in [1.54, 1.807) is 33.8 Å². The van der Waals surface area contributed by atoms with Crippen molar-refractivity contribution in [1.82, 2.24) is 9.21 Å². The number of nitrogens with zero attached hydrogens (tertiary/aromatic N) is 2. The maximum absolute atomic E-state index is 13.0. The number of piperidine rings is 1. The van der Waals surface area contributed by atoms with E-state index in [1.165, 1.54) is 4.88 Å². The van der Waals surface area contributed by atoms with Crippen molar-refractivity contribution in [2.75, 3.05) is 31.5 Å². The molecule has 4 rings (SSSR count). The molecule has 0 spiro atoms. The number of amides is 1. The number of rotatable bonds is 6. The predicted octanol–water partition coefficient (Wildman–Crippen LogP) is 4.01. The molecule has 6 nitrogen and oxygen atoms in total. The lowest BCUT2D eigenvalue weighted by Gasteiger charge is -2.26. The Kier molecular flexibility index (Phi) is 6.57. The second-order valence-electron chi connectivity index (χ2n) is 8.13. The van der Waals surface area contributed by atoms with Crippen LogP contribution in [0.3, 0.4) is 0 Å². The highest BCUT2D eigenvalue weighted by Crippen LogP contribution is 2.34. The van der Waals surface area contributed by atoms with Gasteiger partial charge in [0.05, 0.1) is 11.4 Å². The Morgan fingerprint density at radius 1 is 1.13 bits per heavy atom. The van der Waals surface area contributed by atoms with E-state index in [9.17, 15) is 13.2 Å². The fraction of sp³-hybridized carbons (Fsp3) is 0.500. The summed E-state index contributed by atoms with van der Waals surface area (Å²) in [5, 5.41) is 5.03. The van der Waals surface area contributed by atoms with Gasteiger partial charge in [-0.3, -0.25) is 9.69 Å². The zero-order valence-electron chi connectivity index (χ0n) is 17.3. The van der Waals surface area contributed by atoms with E-state index in [-0.39, 0.29) is 10.8 Å². The molecule has 2 fully saturated rings. The highest BCUT2D eigenvalue weighted by atomic mass is 32.2. The van der Waals surface area contributed by atoms with Gasteiger partial charge >= 0.3 is 0 Å². The maximum Gasteiger partial charge on any atom is 0.243 e. The molecule has 0 bridgehead atoms. The smallest absolute Gasteiger partial charge is 0.243 e. The van der Waals surface area contributed by atoms with E-state index in [0.717, 1.165) is 44.2 Å². The molecule has 0 unspecified atom stereocenters. The second-order valence-corrected chi connectivity index (χ2v) is 11.1. The third-order valence-electron chi connectivity index (χ3n) is 6.02. The molecule has 8 heteroatoms. The molecule has 2 aliphatic heterocycles. The van der Waals surface area contributed by atoms with Crippen molar-refractivity contribution in [3.8, 4) is 0 Å². The molecule has 30 heavy (non-hydrogen) atoms. The number of carbonyl (C=O) groups is 1. The van der Waals surface area contributed by atoms with E-state index in [0.29, 0.717) is 31.4 Å². The van der Waals surface area contributed by atoms with Crippen LogP contribution in [-0.2, 0) is 14.8 Å². The van der Waals surface area contributed by atoms with Gasteiger partial charge in [0.1, 0.15) is 0 Å². The second kappa shape index (κ2) is 9.18. The van der Waals surface area contributed by atoms with Crippen LogP contribution in [0.15, 0.2) is 40.6 Å². The average molecular weight is 448 g/mol. The van der Waals surface area contributed by atoms with Gasteiger partial charge in [0.2, 0.25) is 15.9 Å². The summed E-state index contributed by atoms with van der Waals surface area (Å²) in [4.78, 5) is 16.6. The van der Waals surface area contributed by atoms with Crippen molar-refractivity contribution in [2.24, 2.45) is 0 Å². The van der Waals surface area contributed by atoms with Gasteiger partial charge in [-0.15, -0.1) is 11.3 Å². The highest BCUT2D eigenvalue weighted by molar-refractivity contribution is 7.89. The van der Waals surface area contributed by atoms with Gasteiger partial charge in [0, 0.05) is 29.7 Å². The molecule has 1 N–H and O–H groups in total. The summed E-state index contributed by atoms with van der Waals surface area (Å²) in [6.45, 7) is 4.23. The first-order chi connectivity index (χ1) is 14.4. The molecule has 1 atom stereocenters. The van der Waals surface area contributed by atoms with Crippen molar-refractivity contribution >= 4 is 33.0 Å². The van der Waals surface area contributed by atoms with E-state index in [4.69, 9.17) is 0 Å². The van der Waals surface area contributed by atoms with Crippen LogP contribution in [0, 0.1) is 6.92 Å². The fourth-order valence-corrected chi connectivity index (χ4v) is 6.78. The van der Waals surface area contributed by atoms with Crippen molar-refractivity contribution in [3.63, 3.8) is 0 Å². The predicted molar refractivity (Wildman–Crippen MR) is 120 cm³/mol. The molecule has 1 amide bonds. The lowest BCUT2D eigenvalue weighted by molar-refractivity contribution is -0.117. The van der Waals surface area contributed by atoms with Crippen molar-refractivity contribution in [3.05, 3.63) is 46.2 Å². The molecule has 1 aromatic heterocycles. The monoisotopic (exact) mass is 447 g/mol. The van der Waals surface area contributed by atoms with Crippen LogP contribution in [0.25, 0.3) is 0 Å². The summed E-state index contributed by atoms with van der Waals surface area (Å²) in [6.07, 6.45) is 5.02. The zero-order chi connectivity index (χ0) is 21.1. The van der Waals surface area contributed by atoms with E-state index >= 15 is 0 Å². The minimum atomic E-state index is -3.52. The van der Waals surface area contributed by atoms with E-state index in [2.05, 4.69) is 21.7 Å². The van der Waals surface area contributed by atoms with Crippen LogP contribution >= 0.6 is 11.3 Å². The molecule has 2 aromatic rings. The van der Waals surface area contributed by atoms with Crippen LogP contribution in [0.5, 0.6) is 0 Å². The topological polar surface area (TPSA) is 69.7 Å². The first-order valence-electron chi connectivity index (χ1n) is 10.6. The van der Waals surface area contributed by atoms with Gasteiger partial charge in [-0.1, -0.05) is 18.6 Å². The quantitative estimate of drug-likeness (QED) is 0.727. The highest BCUT2D eigenvalue weighted by Gasteiger charge is 2.29. The molecule has 1 aromatic carbocycles. The van der Waals surface area contributed by atoms with Gasteiger partial charge in [-0.2, -0.15) is 4.31 Å². The largest absolute Gasteiger partial charge is 0.325 e. The molecule has 3 heterocycles. The molecule has 0 saturated carbocycles. The number of benzene rings is 1. The average Bonchev–Trinajstić information content (AvgIpc) is 3.42. The molecular weight excluding hydrogens is 418 g/mol. The van der Waals surface area contributed by atoms with Crippen molar-refractivity contribution in [2.45, 2.75) is 50.0 Å². The van der Waals surface area contributed by atoms with Crippen LogP contribution in [0.2, 0.25) is 0 Å². The van der Waals surface area contributed by atoms with Gasteiger partial charge in [0.15, 0.2) is 0 Å². The minimum Gasteiger partial charge on any atom is -0.325 e. The van der Waals surface area contributed by atoms with Crippen LogP contribution in [0.4, 0.5) is 5.69 Å². The molecule has 2 aliphatic rings. The Hall–Kier alpha value is -1.74. The number of anilines is 1. The Morgan fingerprint density at radius 2 is 1.93 bits per heavy atom. The van der Waals surface area contributed by atoms with Crippen LogP contribution in [0.1, 0.15) is 48.6 Å². The number of likely N-dealkylation sites (tertiary alicyclic amines) is 1. The van der Waals surface area contributed by atoms with Crippen LogP contribution in [-0.4, -0.2) is 49.7 Å². The first-order valence-corrected chi connectivity index (χ1v) is 13.0. The summed E-state index contributed by atoms with van der Waals surface area (Å²) in [5.74, 6) is -0.103. The summed E-state index contributed by atoms with van der Waals surface area (Å²) < 4.78 is 27.5. The summed E-state index contributed by atoms with van der Waals surface area (Å²) in [5.41, 5.74) is 1.43. The van der Waals surface area contributed by atoms with Gasteiger partial charge in [-0.05, 0) is 68.3 Å². The van der Waals surface area contributed by atoms with Crippen molar-refractivity contribution < 1.29 is 13.2 Å². The maximum atomic E-state index is 13.0. The fourth-order valence-electron chi connectivity index (χ4n) is 4.34. The van der Waals surface area contributed by atoms with Gasteiger partial charge in [-0.25, -0.2) is 8.42 Å². The summed E-state index contributed by atoms with van der Waals surface area (Å²) in [6, 6.07) is 9.50. The molecule has 0 radical (unpaired) electrons. The zero-order valence-corrected chi connectivity index (χ0v) is 19.0. The minimum absolute atomic E-state index is 0.103. The molecule has 2 saturated heterocycles. The number of hydrogen-bond acceptors (Lipinski definition) is 5. The molecule has 0 aliphatic carbocycles. The van der Waals surface area contributed by atoms with E-state index < -0.39 is 10.0 Å². The lowest BCUT2D eigenvalue weighted by atomic mass is 10.2. The van der Waals surface area contributed by atoms with Crippen LogP contribution < -0.4 is 5.32 Å². The first kappa shape index (κ1) is 21.5. The number of aryl methyl sites for hydroxylation is 1. The summed E-state index contributed by atoms with van der Waals surface area (Å²) >= 11 is 1.73. The number of thiophene rings is 1. The Balaban J connectivity index is 1.46. The lowest BCUT2D eigenvalue weighted by Crippen LogP contribution is -2.35. The third-order valence-corrected chi connectivity index (χ3v) is 8.89. The number of carbonyl (C=O) groups excluding carboxylic acids is 1. The van der Waals surface area contributed by atoms with E-state index in [1.807, 2.05) is 13.0 Å².